The third-order valence-corrected chi connectivity index (χ3v) is 8.92. The second-order valence-corrected chi connectivity index (χ2v) is 12.1. The van der Waals surface area contributed by atoms with Crippen LogP contribution >= 0.6 is 11.8 Å². The number of hydrogen-bond donors (Lipinski definition) is 2. The van der Waals surface area contributed by atoms with E-state index < -0.39 is 0 Å². The number of hydrogen-bond acceptors (Lipinski definition) is 7. The number of aliphatic hydroxyl groups is 1. The number of aliphatic hydroxyl groups excluding tert-OH is 1. The highest BCUT2D eigenvalue weighted by Crippen LogP contribution is 2.53. The molecular weight excluding hydrogens is 442 g/mol. The van der Waals surface area contributed by atoms with Crippen LogP contribution in [0, 0.1) is 23.7 Å². The van der Waals surface area contributed by atoms with Crippen LogP contribution in [0.1, 0.15) is 69.3 Å². The number of carbonyl (C=O) groups excluding carboxylic acids is 2. The summed E-state index contributed by atoms with van der Waals surface area (Å²) in [6.45, 7) is 5.70. The van der Waals surface area contributed by atoms with Crippen LogP contribution in [0.15, 0.2) is 9.42 Å². The van der Waals surface area contributed by atoms with Gasteiger partial charge in [-0.3, -0.25) is 9.59 Å². The quantitative estimate of drug-likeness (QED) is 0.554. The first-order valence-corrected chi connectivity index (χ1v) is 13.3. The van der Waals surface area contributed by atoms with Crippen LogP contribution in [0.2, 0.25) is 0 Å². The van der Waals surface area contributed by atoms with Crippen LogP contribution in [-0.4, -0.2) is 64.1 Å². The zero-order valence-corrected chi connectivity index (χ0v) is 20.3. The van der Waals surface area contributed by atoms with Gasteiger partial charge in [0.05, 0.1) is 12.6 Å². The fraction of sp³-hybridized carbons (Fsp3) is 0.792. The second-order valence-electron chi connectivity index (χ2n) is 10.5. The molecule has 6 atom stereocenters. The molecule has 1 aromatic heterocycles. The molecule has 2 N–H and O–H groups in total. The lowest BCUT2D eigenvalue weighted by Crippen LogP contribution is -2.43. The smallest absolute Gasteiger partial charge is 0.291 e. The maximum Gasteiger partial charge on any atom is 0.291 e. The lowest BCUT2D eigenvalue weighted by molar-refractivity contribution is -0.128. The van der Waals surface area contributed by atoms with E-state index in [1.165, 1.54) is 18.2 Å². The van der Waals surface area contributed by atoms with Crippen molar-refractivity contribution < 1.29 is 24.0 Å². The Morgan fingerprint density at radius 3 is 2.85 bits per heavy atom. The van der Waals surface area contributed by atoms with E-state index in [4.69, 9.17) is 9.26 Å². The maximum atomic E-state index is 13.3. The molecule has 1 aromatic rings. The molecule has 2 amide bonds. The molecule has 5 unspecified atom stereocenters. The Bertz CT molecular complexity index is 889. The molecule has 8 nitrogen and oxygen atoms in total. The number of aromatic nitrogens is 1. The van der Waals surface area contributed by atoms with Gasteiger partial charge in [0.2, 0.25) is 11.7 Å². The highest BCUT2D eigenvalue weighted by atomic mass is 32.2. The standard InChI is InChI=1S/C24H35N3O5S/c1-13(2)33-22-21(32-26-24(22)31-7-6-27-5-3-4-19(27)29)23(30)25-20-16-9-14-8-15(11-16)18(20)12-17(28)10-14/h13-18,20,28H,3-12H2,1-2H3,(H,25,30)/t14?,15?,16?,17-,18?,20?/m0/s1. The summed E-state index contributed by atoms with van der Waals surface area (Å²) in [5, 5.41) is 18.0. The minimum atomic E-state index is -0.261. The number of carbonyl (C=O) groups is 2. The summed E-state index contributed by atoms with van der Waals surface area (Å²) in [6.07, 6.45) is 6.33. The van der Waals surface area contributed by atoms with Crippen LogP contribution in [0.5, 0.6) is 5.88 Å². The van der Waals surface area contributed by atoms with Gasteiger partial charge in [0.25, 0.3) is 11.8 Å². The summed E-state index contributed by atoms with van der Waals surface area (Å²) >= 11 is 1.50. The number of fused-ring (bicyclic) bond motifs is 2. The molecule has 0 aromatic carbocycles. The van der Waals surface area contributed by atoms with Gasteiger partial charge in [-0.15, -0.1) is 11.8 Å². The number of thioether (sulfide) groups is 1. The summed E-state index contributed by atoms with van der Waals surface area (Å²) < 4.78 is 11.4. The van der Waals surface area contributed by atoms with Gasteiger partial charge in [0.15, 0.2) is 0 Å². The SMILES string of the molecule is CC(C)Sc1c(OCCN2CCCC2=O)noc1C(=O)NC1C2CC3CC(C2)C1C[C@@H](O)C3. The van der Waals surface area contributed by atoms with Crippen molar-refractivity contribution in [3.63, 3.8) is 0 Å². The van der Waals surface area contributed by atoms with Crippen molar-refractivity contribution in [3.05, 3.63) is 5.76 Å². The van der Waals surface area contributed by atoms with Crippen molar-refractivity contribution in [2.24, 2.45) is 23.7 Å². The van der Waals surface area contributed by atoms with Crippen LogP contribution in [0.25, 0.3) is 0 Å². The number of amides is 2. The van der Waals surface area contributed by atoms with Gasteiger partial charge in [-0.25, -0.2) is 0 Å². The first-order valence-electron chi connectivity index (χ1n) is 12.4. The number of nitrogens with zero attached hydrogens (tertiary/aromatic N) is 2. The van der Waals surface area contributed by atoms with Crippen LogP contribution in [0.3, 0.4) is 0 Å². The molecule has 1 saturated heterocycles. The number of likely N-dealkylation sites (tertiary alicyclic amines) is 1. The fourth-order valence-corrected chi connectivity index (χ4v) is 7.53. The normalized spacial score (nSPS) is 33.1. The van der Waals surface area contributed by atoms with Crippen molar-refractivity contribution in [2.45, 2.75) is 81.1 Å². The molecule has 5 rings (SSSR count). The summed E-state index contributed by atoms with van der Waals surface area (Å²) in [5.41, 5.74) is 0. The zero-order chi connectivity index (χ0) is 23.1. The van der Waals surface area contributed by atoms with Gasteiger partial charge in [-0.05, 0) is 67.4 Å². The van der Waals surface area contributed by atoms with Crippen LogP contribution in [-0.2, 0) is 4.79 Å². The predicted octanol–water partition coefficient (Wildman–Crippen LogP) is 3.09. The van der Waals surface area contributed by atoms with Crippen LogP contribution in [0.4, 0.5) is 0 Å². The number of ether oxygens (including phenoxy) is 1. The fourth-order valence-electron chi connectivity index (χ4n) is 6.62. The number of nitrogens with one attached hydrogen (secondary N) is 1. The molecule has 2 heterocycles. The Morgan fingerprint density at radius 2 is 2.09 bits per heavy atom. The van der Waals surface area contributed by atoms with Crippen molar-refractivity contribution in [2.75, 3.05) is 19.7 Å². The first kappa shape index (κ1) is 23.0. The van der Waals surface area contributed by atoms with Gasteiger partial charge < -0.3 is 24.6 Å². The van der Waals surface area contributed by atoms with E-state index in [1.54, 1.807) is 4.90 Å². The molecule has 9 heteroatoms. The first-order chi connectivity index (χ1) is 15.9. The number of rotatable bonds is 8. The van der Waals surface area contributed by atoms with Crippen molar-refractivity contribution in [3.8, 4) is 5.88 Å². The third-order valence-electron chi connectivity index (χ3n) is 7.85. The largest absolute Gasteiger partial charge is 0.473 e. The lowest BCUT2D eigenvalue weighted by Gasteiger charge is -2.31. The average Bonchev–Trinajstić information content (AvgIpc) is 3.38. The van der Waals surface area contributed by atoms with E-state index in [0.29, 0.717) is 54.0 Å². The molecular formula is C24H35N3O5S. The molecule has 0 spiro atoms. The Balaban J connectivity index is 1.28. The summed E-state index contributed by atoms with van der Waals surface area (Å²) in [7, 11) is 0. The highest BCUT2D eigenvalue weighted by Gasteiger charge is 2.51. The van der Waals surface area contributed by atoms with Gasteiger partial charge >= 0.3 is 0 Å². The molecule has 1 aliphatic heterocycles. The summed E-state index contributed by atoms with van der Waals surface area (Å²) in [6, 6.07) is 0.0787. The average molecular weight is 478 g/mol. The molecule has 4 fully saturated rings. The molecule has 4 aliphatic rings. The van der Waals surface area contributed by atoms with E-state index in [0.717, 1.165) is 38.6 Å². The molecule has 0 radical (unpaired) electrons. The summed E-state index contributed by atoms with van der Waals surface area (Å²) in [4.78, 5) is 27.6. The molecule has 3 aliphatic carbocycles. The second kappa shape index (κ2) is 9.49. The summed E-state index contributed by atoms with van der Waals surface area (Å²) in [5.74, 6) is 2.43. The Labute approximate surface area is 199 Å². The van der Waals surface area contributed by atoms with E-state index in [-0.39, 0.29) is 35.0 Å². The van der Waals surface area contributed by atoms with Crippen molar-refractivity contribution in [1.82, 2.24) is 15.4 Å². The van der Waals surface area contributed by atoms with Crippen molar-refractivity contribution >= 4 is 23.6 Å². The van der Waals surface area contributed by atoms with E-state index in [2.05, 4.69) is 24.3 Å². The molecule has 3 saturated carbocycles. The lowest BCUT2D eigenvalue weighted by atomic mass is 9.79. The topological polar surface area (TPSA) is 105 Å². The zero-order valence-electron chi connectivity index (χ0n) is 19.5. The van der Waals surface area contributed by atoms with Gasteiger partial charge in [-0.2, -0.15) is 0 Å². The Kier molecular flexibility index (Phi) is 6.62. The monoisotopic (exact) mass is 477 g/mol. The minimum absolute atomic E-state index is 0.0787. The van der Waals surface area contributed by atoms with Gasteiger partial charge in [-0.1, -0.05) is 13.8 Å². The van der Waals surface area contributed by atoms with Crippen molar-refractivity contribution in [1.29, 1.82) is 0 Å². The highest BCUT2D eigenvalue weighted by molar-refractivity contribution is 8.00. The van der Waals surface area contributed by atoms with Gasteiger partial charge in [0.1, 0.15) is 11.5 Å². The van der Waals surface area contributed by atoms with E-state index in [9.17, 15) is 14.7 Å². The maximum absolute atomic E-state index is 13.3. The Hall–Kier alpha value is -1.74. The van der Waals surface area contributed by atoms with E-state index >= 15 is 0 Å². The van der Waals surface area contributed by atoms with Crippen LogP contribution < -0.4 is 10.1 Å². The predicted molar refractivity (Wildman–Crippen MR) is 123 cm³/mol. The Morgan fingerprint density at radius 1 is 1.27 bits per heavy atom. The van der Waals surface area contributed by atoms with E-state index in [1.807, 2.05) is 0 Å². The minimum Gasteiger partial charge on any atom is -0.473 e. The molecule has 182 valence electrons. The molecule has 3 bridgehead atoms. The molecule has 33 heavy (non-hydrogen) atoms. The third kappa shape index (κ3) is 4.76. The van der Waals surface area contributed by atoms with Gasteiger partial charge in [0, 0.05) is 24.3 Å².